The van der Waals surface area contributed by atoms with Crippen LogP contribution >= 0.6 is 34.7 Å². The number of benzene rings is 2. The largest absolute Gasteiger partial charge is 0.342 e. The van der Waals surface area contributed by atoms with E-state index in [9.17, 15) is 9.59 Å². The van der Waals surface area contributed by atoms with Gasteiger partial charge in [0.2, 0.25) is 11.8 Å². The second-order valence-electron chi connectivity index (χ2n) is 9.51. The summed E-state index contributed by atoms with van der Waals surface area (Å²) in [5.74, 6) is 1.24. The van der Waals surface area contributed by atoms with Crippen molar-refractivity contribution in [1.29, 1.82) is 0 Å². The molecule has 1 N–H and O–H groups in total. The minimum Gasteiger partial charge on any atom is -0.342 e. The summed E-state index contributed by atoms with van der Waals surface area (Å²) in [4.78, 5) is 37.2. The fourth-order valence-electron chi connectivity index (χ4n) is 4.53. The fraction of sp³-hybridized carbons (Fsp3) is 0.267. The van der Waals surface area contributed by atoms with E-state index < -0.39 is 0 Å². The third kappa shape index (κ3) is 7.06. The van der Waals surface area contributed by atoms with Gasteiger partial charge >= 0.3 is 0 Å². The summed E-state index contributed by atoms with van der Waals surface area (Å²) in [6.07, 6.45) is 3.37. The minimum atomic E-state index is -0.158. The molecule has 2 aromatic heterocycles. The zero-order valence-electron chi connectivity index (χ0n) is 21.6. The number of amides is 2. The highest BCUT2D eigenvalue weighted by atomic mass is 35.5. The molecule has 2 aromatic carbocycles. The lowest BCUT2D eigenvalue weighted by Crippen LogP contribution is -2.39. The summed E-state index contributed by atoms with van der Waals surface area (Å²) in [6.45, 7) is 3.48. The molecule has 3 heterocycles. The van der Waals surface area contributed by atoms with E-state index in [0.717, 1.165) is 39.5 Å². The highest BCUT2D eigenvalue weighted by Gasteiger charge is 2.27. The molecule has 9 heteroatoms. The second kappa shape index (κ2) is 12.8. The Labute approximate surface area is 241 Å². The SMILES string of the molecule is Cc1ccc(-c2sc(C3CCN(C(=O)CSCC(=O)Nc4ccccn4)CC3)nc2-c2ccc(Cl)cc2)cc1. The fourth-order valence-corrected chi connectivity index (χ4v) is 6.63. The molecule has 0 atom stereocenters. The van der Waals surface area contributed by atoms with Crippen molar-refractivity contribution < 1.29 is 9.59 Å². The zero-order valence-corrected chi connectivity index (χ0v) is 24.0. The normalized spacial score (nSPS) is 13.8. The summed E-state index contributed by atoms with van der Waals surface area (Å²) in [6, 6.07) is 21.8. The molecule has 4 aromatic rings. The average molecular weight is 577 g/mol. The van der Waals surface area contributed by atoms with E-state index in [1.807, 2.05) is 35.2 Å². The molecule has 2 amide bonds. The molecule has 0 radical (unpaired) electrons. The van der Waals surface area contributed by atoms with Crippen LogP contribution < -0.4 is 5.32 Å². The number of hydrogen-bond acceptors (Lipinski definition) is 6. The molecule has 0 aliphatic carbocycles. The molecule has 1 aliphatic heterocycles. The van der Waals surface area contributed by atoms with Crippen LogP contribution in [0.2, 0.25) is 5.02 Å². The smallest absolute Gasteiger partial charge is 0.235 e. The third-order valence-electron chi connectivity index (χ3n) is 6.66. The first-order valence-electron chi connectivity index (χ1n) is 12.9. The van der Waals surface area contributed by atoms with Crippen molar-refractivity contribution in [2.24, 2.45) is 0 Å². The maximum absolute atomic E-state index is 12.8. The van der Waals surface area contributed by atoms with Crippen LogP contribution in [0.1, 0.15) is 29.3 Å². The number of carbonyl (C=O) groups is 2. The quantitative estimate of drug-likeness (QED) is 0.247. The van der Waals surface area contributed by atoms with E-state index in [0.29, 0.717) is 29.8 Å². The van der Waals surface area contributed by atoms with E-state index in [1.54, 1.807) is 29.7 Å². The lowest BCUT2D eigenvalue weighted by atomic mass is 9.97. The van der Waals surface area contributed by atoms with Gasteiger partial charge in [0.25, 0.3) is 0 Å². The van der Waals surface area contributed by atoms with Crippen LogP contribution in [0, 0.1) is 6.92 Å². The maximum atomic E-state index is 12.8. The molecule has 0 unspecified atom stereocenters. The second-order valence-corrected chi connectivity index (χ2v) is 12.0. The van der Waals surface area contributed by atoms with Crippen LogP contribution in [0.5, 0.6) is 0 Å². The van der Waals surface area contributed by atoms with Gasteiger partial charge in [-0.15, -0.1) is 23.1 Å². The van der Waals surface area contributed by atoms with Gasteiger partial charge in [-0.3, -0.25) is 9.59 Å². The van der Waals surface area contributed by atoms with Crippen molar-refractivity contribution in [3.8, 4) is 21.7 Å². The number of aryl methyl sites for hydroxylation is 1. The van der Waals surface area contributed by atoms with Gasteiger partial charge in [-0.1, -0.05) is 59.6 Å². The highest BCUT2D eigenvalue weighted by Crippen LogP contribution is 2.42. The van der Waals surface area contributed by atoms with Gasteiger partial charge < -0.3 is 10.2 Å². The Morgan fingerprint density at radius 1 is 1.00 bits per heavy atom. The number of pyridine rings is 1. The summed E-state index contributed by atoms with van der Waals surface area (Å²) >= 11 is 9.23. The molecule has 6 nitrogen and oxygen atoms in total. The van der Waals surface area contributed by atoms with Crippen molar-refractivity contribution in [3.05, 3.63) is 88.5 Å². The molecule has 39 heavy (non-hydrogen) atoms. The molecule has 1 saturated heterocycles. The van der Waals surface area contributed by atoms with Crippen LogP contribution in [0.25, 0.3) is 21.7 Å². The van der Waals surface area contributed by atoms with Gasteiger partial charge in [0, 0.05) is 35.8 Å². The lowest BCUT2D eigenvalue weighted by molar-refractivity contribution is -0.129. The third-order valence-corrected chi connectivity index (χ3v) is 9.10. The van der Waals surface area contributed by atoms with Crippen molar-refractivity contribution >= 4 is 52.3 Å². The minimum absolute atomic E-state index is 0.0745. The number of anilines is 1. The molecular weight excluding hydrogens is 548 g/mol. The number of halogens is 1. The van der Waals surface area contributed by atoms with E-state index in [1.165, 1.54) is 17.3 Å². The Kier molecular flexibility index (Phi) is 8.96. The average Bonchev–Trinajstić information content (AvgIpc) is 3.40. The Hall–Kier alpha value is -3.20. The van der Waals surface area contributed by atoms with Crippen LogP contribution in [0.15, 0.2) is 72.9 Å². The van der Waals surface area contributed by atoms with Crippen LogP contribution in [0.3, 0.4) is 0 Å². The summed E-state index contributed by atoms with van der Waals surface area (Å²) in [5, 5.41) is 4.56. The standard InChI is InChI=1S/C30H29ClN4O2S2/c1-20-5-7-22(8-6-20)29-28(21-9-11-24(31)12-10-21)34-30(39-29)23-13-16-35(17-14-23)27(37)19-38-18-26(36)33-25-4-2-3-15-32-25/h2-12,15,23H,13-14,16-19H2,1H3,(H,32,33,36). The molecule has 0 bridgehead atoms. The monoisotopic (exact) mass is 576 g/mol. The van der Waals surface area contributed by atoms with E-state index in [4.69, 9.17) is 16.6 Å². The summed E-state index contributed by atoms with van der Waals surface area (Å²) in [7, 11) is 0. The highest BCUT2D eigenvalue weighted by molar-refractivity contribution is 8.00. The van der Waals surface area contributed by atoms with Crippen LogP contribution in [0.4, 0.5) is 5.82 Å². The van der Waals surface area contributed by atoms with Crippen LogP contribution in [-0.4, -0.2) is 51.3 Å². The predicted molar refractivity (Wildman–Crippen MR) is 161 cm³/mol. The molecule has 200 valence electrons. The number of hydrogen-bond donors (Lipinski definition) is 1. The summed E-state index contributed by atoms with van der Waals surface area (Å²) < 4.78 is 0. The first kappa shape index (κ1) is 27.4. The lowest BCUT2D eigenvalue weighted by Gasteiger charge is -2.31. The Morgan fingerprint density at radius 2 is 1.72 bits per heavy atom. The predicted octanol–water partition coefficient (Wildman–Crippen LogP) is 6.91. The molecular formula is C30H29ClN4O2S2. The number of thioether (sulfide) groups is 1. The van der Waals surface area contributed by atoms with E-state index in [2.05, 4.69) is 41.5 Å². The van der Waals surface area contributed by atoms with Gasteiger partial charge in [0.05, 0.1) is 27.1 Å². The van der Waals surface area contributed by atoms with Crippen molar-refractivity contribution in [2.45, 2.75) is 25.7 Å². The van der Waals surface area contributed by atoms with E-state index in [-0.39, 0.29) is 23.3 Å². The number of piperidine rings is 1. The Morgan fingerprint density at radius 3 is 2.41 bits per heavy atom. The molecule has 1 aliphatic rings. The van der Waals surface area contributed by atoms with Crippen molar-refractivity contribution in [1.82, 2.24) is 14.9 Å². The van der Waals surface area contributed by atoms with Gasteiger partial charge in [0.1, 0.15) is 5.82 Å². The van der Waals surface area contributed by atoms with Crippen molar-refractivity contribution in [2.75, 3.05) is 29.9 Å². The number of nitrogens with zero attached hydrogens (tertiary/aromatic N) is 3. The van der Waals surface area contributed by atoms with Gasteiger partial charge in [-0.25, -0.2) is 9.97 Å². The Balaban J connectivity index is 1.19. The maximum Gasteiger partial charge on any atom is 0.235 e. The van der Waals surface area contributed by atoms with Gasteiger partial charge in [-0.05, 0) is 49.6 Å². The number of carbonyl (C=O) groups excluding carboxylic acids is 2. The molecule has 5 rings (SSSR count). The number of nitrogens with one attached hydrogen (secondary N) is 1. The number of thiazole rings is 1. The molecule has 0 spiro atoms. The summed E-state index contributed by atoms with van der Waals surface area (Å²) in [5.41, 5.74) is 4.41. The molecule has 1 fully saturated rings. The van der Waals surface area contributed by atoms with Crippen molar-refractivity contribution in [3.63, 3.8) is 0 Å². The van der Waals surface area contributed by atoms with Crippen LogP contribution in [-0.2, 0) is 9.59 Å². The molecule has 0 saturated carbocycles. The number of aromatic nitrogens is 2. The Bertz CT molecular complexity index is 1350. The topological polar surface area (TPSA) is 75.2 Å². The van der Waals surface area contributed by atoms with Gasteiger partial charge in [0.15, 0.2) is 0 Å². The van der Waals surface area contributed by atoms with Gasteiger partial charge in [-0.2, -0.15) is 0 Å². The first-order valence-corrected chi connectivity index (χ1v) is 15.2. The number of likely N-dealkylation sites (tertiary alicyclic amines) is 1. The zero-order chi connectivity index (χ0) is 27.2. The van der Waals surface area contributed by atoms with E-state index >= 15 is 0 Å². The first-order chi connectivity index (χ1) is 19.0. The number of rotatable bonds is 8.